The van der Waals surface area contributed by atoms with E-state index < -0.39 is 6.04 Å². The molecule has 1 N–H and O–H groups in total. The van der Waals surface area contributed by atoms with Crippen LogP contribution in [0.5, 0.6) is 0 Å². The fourth-order valence-electron chi connectivity index (χ4n) is 4.66. The Morgan fingerprint density at radius 2 is 1.65 bits per heavy atom. The number of carbonyl (C=O) groups is 3. The highest BCUT2D eigenvalue weighted by molar-refractivity contribution is 6.08. The quantitative estimate of drug-likeness (QED) is 0.585. The molecule has 2 fully saturated rings. The Bertz CT molecular complexity index is 552. The lowest BCUT2D eigenvalue weighted by atomic mass is 9.85. The van der Waals surface area contributed by atoms with Crippen LogP contribution in [0.4, 0.5) is 0 Å². The molecule has 5 heteroatoms. The van der Waals surface area contributed by atoms with Gasteiger partial charge in [-0.15, -0.1) is 0 Å². The Balaban J connectivity index is 1.69. The van der Waals surface area contributed by atoms with E-state index >= 15 is 0 Å². The molecule has 0 radical (unpaired) electrons. The predicted molar refractivity (Wildman–Crippen MR) is 100 cm³/mol. The molecule has 1 aliphatic heterocycles. The number of rotatable bonds is 6. The average molecular weight is 360 g/mol. The lowest BCUT2D eigenvalue weighted by Crippen LogP contribution is -2.51. The molecule has 0 aromatic carbocycles. The summed E-state index contributed by atoms with van der Waals surface area (Å²) in [6.07, 6.45) is 11.8. The van der Waals surface area contributed by atoms with Crippen molar-refractivity contribution in [2.75, 3.05) is 6.54 Å². The Labute approximate surface area is 156 Å². The number of hydrogen-bond donors (Lipinski definition) is 1. The Kier molecular flexibility index (Phi) is 6.15. The monoisotopic (exact) mass is 360 g/mol. The van der Waals surface area contributed by atoms with Crippen LogP contribution < -0.4 is 5.32 Å². The van der Waals surface area contributed by atoms with Crippen molar-refractivity contribution < 1.29 is 14.4 Å². The lowest BCUT2D eigenvalue weighted by molar-refractivity contribution is -0.148. The Morgan fingerprint density at radius 3 is 2.19 bits per heavy atom. The second-order valence-electron chi connectivity index (χ2n) is 8.60. The van der Waals surface area contributed by atoms with Gasteiger partial charge in [0.2, 0.25) is 17.7 Å². The van der Waals surface area contributed by atoms with Crippen LogP contribution in [-0.4, -0.2) is 35.2 Å². The molecular formula is C21H32N2O3. The van der Waals surface area contributed by atoms with E-state index in [1.165, 1.54) is 24.2 Å². The number of nitrogens with one attached hydrogen (secondary N) is 1. The molecule has 1 saturated carbocycles. The molecule has 3 atom stereocenters. The van der Waals surface area contributed by atoms with Gasteiger partial charge in [-0.2, -0.15) is 0 Å². The molecule has 0 bridgehead atoms. The summed E-state index contributed by atoms with van der Waals surface area (Å²) in [5.74, 6) is -0.226. The average Bonchev–Trinajstić information content (AvgIpc) is 2.90. The van der Waals surface area contributed by atoms with Crippen molar-refractivity contribution in [3.8, 4) is 0 Å². The third kappa shape index (κ3) is 4.02. The molecule has 3 rings (SSSR count). The van der Waals surface area contributed by atoms with Crippen LogP contribution in [0.3, 0.4) is 0 Å². The van der Waals surface area contributed by atoms with Gasteiger partial charge in [0.15, 0.2) is 0 Å². The van der Waals surface area contributed by atoms with E-state index in [0.29, 0.717) is 31.7 Å². The van der Waals surface area contributed by atoms with Crippen molar-refractivity contribution in [3.63, 3.8) is 0 Å². The Morgan fingerprint density at radius 1 is 1.08 bits per heavy atom. The summed E-state index contributed by atoms with van der Waals surface area (Å²) in [5, 5.41) is 3.06. The van der Waals surface area contributed by atoms with Gasteiger partial charge in [-0.1, -0.05) is 45.3 Å². The van der Waals surface area contributed by atoms with Crippen LogP contribution >= 0.6 is 0 Å². The van der Waals surface area contributed by atoms with Crippen LogP contribution in [0.2, 0.25) is 0 Å². The summed E-state index contributed by atoms with van der Waals surface area (Å²) >= 11 is 0. The molecule has 2 aliphatic carbocycles. The highest BCUT2D eigenvalue weighted by atomic mass is 16.2. The van der Waals surface area contributed by atoms with Gasteiger partial charge < -0.3 is 5.32 Å². The summed E-state index contributed by atoms with van der Waals surface area (Å²) < 4.78 is 0. The smallest absolute Gasteiger partial charge is 0.243 e. The van der Waals surface area contributed by atoms with Gasteiger partial charge in [0, 0.05) is 6.54 Å². The molecule has 0 aromatic rings. The largest absolute Gasteiger partial charge is 0.354 e. The highest BCUT2D eigenvalue weighted by Gasteiger charge is 2.51. The van der Waals surface area contributed by atoms with Crippen LogP contribution in [0, 0.1) is 23.7 Å². The minimum Gasteiger partial charge on any atom is -0.354 e. The molecule has 0 spiro atoms. The van der Waals surface area contributed by atoms with Crippen LogP contribution in [-0.2, 0) is 14.4 Å². The summed E-state index contributed by atoms with van der Waals surface area (Å²) in [7, 11) is 0. The maximum Gasteiger partial charge on any atom is 0.243 e. The lowest BCUT2D eigenvalue weighted by Gasteiger charge is -2.29. The van der Waals surface area contributed by atoms with Gasteiger partial charge >= 0.3 is 0 Å². The Hall–Kier alpha value is -1.65. The first-order chi connectivity index (χ1) is 12.5. The molecule has 1 heterocycles. The molecule has 1 saturated heterocycles. The summed E-state index contributed by atoms with van der Waals surface area (Å²) in [6.45, 7) is 4.72. The van der Waals surface area contributed by atoms with Crippen molar-refractivity contribution in [1.29, 1.82) is 0 Å². The maximum atomic E-state index is 12.9. The minimum absolute atomic E-state index is 0.150. The molecule has 3 amide bonds. The molecule has 5 nitrogen and oxygen atoms in total. The van der Waals surface area contributed by atoms with Crippen LogP contribution in [0.1, 0.15) is 65.2 Å². The second-order valence-corrected chi connectivity index (χ2v) is 8.60. The van der Waals surface area contributed by atoms with Gasteiger partial charge in [0.05, 0.1) is 11.8 Å². The molecule has 3 unspecified atom stereocenters. The molecule has 144 valence electrons. The van der Waals surface area contributed by atoms with E-state index in [-0.39, 0.29) is 35.5 Å². The summed E-state index contributed by atoms with van der Waals surface area (Å²) in [4.78, 5) is 40.0. The first-order valence-corrected chi connectivity index (χ1v) is 10.3. The third-order valence-corrected chi connectivity index (χ3v) is 6.14. The zero-order chi connectivity index (χ0) is 18.7. The van der Waals surface area contributed by atoms with Gasteiger partial charge in [0.1, 0.15) is 6.04 Å². The topological polar surface area (TPSA) is 66.5 Å². The number of fused-ring (bicyclic) bond motifs is 1. The maximum absolute atomic E-state index is 12.9. The van der Waals surface area contributed by atoms with Crippen LogP contribution in [0.25, 0.3) is 0 Å². The van der Waals surface area contributed by atoms with Gasteiger partial charge in [-0.25, -0.2) is 0 Å². The molecule has 0 aromatic heterocycles. The van der Waals surface area contributed by atoms with E-state index in [1.54, 1.807) is 0 Å². The summed E-state index contributed by atoms with van der Waals surface area (Å²) in [6, 6.07) is -0.663. The highest BCUT2D eigenvalue weighted by Crippen LogP contribution is 2.37. The normalized spacial score (nSPS) is 27.7. The number of allylic oxidation sites excluding steroid dienone is 2. The van der Waals surface area contributed by atoms with Crippen molar-refractivity contribution in [1.82, 2.24) is 10.2 Å². The van der Waals surface area contributed by atoms with Gasteiger partial charge in [-0.3, -0.25) is 19.3 Å². The third-order valence-electron chi connectivity index (χ3n) is 6.14. The van der Waals surface area contributed by atoms with Crippen molar-refractivity contribution >= 4 is 17.7 Å². The predicted octanol–water partition coefficient (Wildman–Crippen LogP) is 3.05. The molecular weight excluding hydrogens is 328 g/mol. The standard InChI is InChI=1S/C21H32N2O3/c1-14(2)12-18(19(24)22-13-15-8-4-3-5-9-15)23-20(25)16-10-6-7-11-17(16)21(23)26/h6-7,14-18H,3-5,8-13H2,1-2H3,(H,22,24). The first kappa shape index (κ1) is 19.1. The van der Waals surface area contributed by atoms with E-state index in [1.807, 2.05) is 26.0 Å². The van der Waals surface area contributed by atoms with Gasteiger partial charge in [0.25, 0.3) is 0 Å². The van der Waals surface area contributed by atoms with Crippen molar-refractivity contribution in [2.24, 2.45) is 23.7 Å². The van der Waals surface area contributed by atoms with E-state index in [9.17, 15) is 14.4 Å². The number of hydrogen-bond acceptors (Lipinski definition) is 3. The van der Waals surface area contributed by atoms with E-state index in [2.05, 4.69) is 5.32 Å². The number of nitrogens with zero attached hydrogens (tertiary/aromatic N) is 1. The number of amides is 3. The summed E-state index contributed by atoms with van der Waals surface area (Å²) in [5.41, 5.74) is 0. The van der Waals surface area contributed by atoms with Gasteiger partial charge in [-0.05, 0) is 43.9 Å². The SMILES string of the molecule is CC(C)CC(C(=O)NCC1CCCCC1)N1C(=O)C2CC=CCC2C1=O. The van der Waals surface area contributed by atoms with E-state index in [4.69, 9.17) is 0 Å². The molecule has 26 heavy (non-hydrogen) atoms. The van der Waals surface area contributed by atoms with Crippen molar-refractivity contribution in [3.05, 3.63) is 12.2 Å². The fraction of sp³-hybridized carbons (Fsp3) is 0.762. The minimum atomic E-state index is -0.663. The number of carbonyl (C=O) groups excluding carboxylic acids is 3. The second kappa shape index (κ2) is 8.36. The number of likely N-dealkylation sites (tertiary alicyclic amines) is 1. The van der Waals surface area contributed by atoms with Crippen LogP contribution in [0.15, 0.2) is 12.2 Å². The fourth-order valence-corrected chi connectivity index (χ4v) is 4.66. The zero-order valence-electron chi connectivity index (χ0n) is 16.1. The number of imide groups is 1. The zero-order valence-corrected chi connectivity index (χ0v) is 16.1. The van der Waals surface area contributed by atoms with E-state index in [0.717, 1.165) is 12.8 Å². The van der Waals surface area contributed by atoms with Crippen molar-refractivity contribution in [2.45, 2.75) is 71.3 Å². The molecule has 3 aliphatic rings. The first-order valence-electron chi connectivity index (χ1n) is 10.3.